The number of hydrogen-bond donors (Lipinski definition) is 1. The second-order valence-corrected chi connectivity index (χ2v) is 10.2. The molecule has 1 N–H and O–H groups in total. The summed E-state index contributed by atoms with van der Waals surface area (Å²) < 4.78 is 30.6. The number of carbonyl (C=O) groups is 1. The fourth-order valence-electron chi connectivity index (χ4n) is 2.86. The fourth-order valence-corrected chi connectivity index (χ4v) is 4.50. The van der Waals surface area contributed by atoms with Gasteiger partial charge in [-0.05, 0) is 36.4 Å². The number of carbonyl (C=O) groups excluding carboxylic acids is 1. The zero-order valence-electron chi connectivity index (χ0n) is 17.1. The third-order valence-electron chi connectivity index (χ3n) is 4.59. The van der Waals surface area contributed by atoms with Crippen molar-refractivity contribution in [1.82, 2.24) is 9.29 Å². The summed E-state index contributed by atoms with van der Waals surface area (Å²) in [5, 5.41) is 3.58. The molecule has 10 heteroatoms. The minimum atomic E-state index is -3.48. The first-order valence-corrected chi connectivity index (χ1v) is 12.0. The number of pyridine rings is 1. The second-order valence-electron chi connectivity index (χ2n) is 6.91. The van der Waals surface area contributed by atoms with Gasteiger partial charge in [0.05, 0.1) is 18.2 Å². The Hall–Kier alpha value is -2.14. The van der Waals surface area contributed by atoms with E-state index < -0.39 is 10.0 Å². The van der Waals surface area contributed by atoms with Gasteiger partial charge >= 0.3 is 0 Å². The third-order valence-corrected chi connectivity index (χ3v) is 7.34. The summed E-state index contributed by atoms with van der Waals surface area (Å²) in [5.41, 5.74) is 1.89. The van der Waals surface area contributed by atoms with E-state index in [-0.39, 0.29) is 10.8 Å². The molecule has 0 radical (unpaired) electrons. The van der Waals surface area contributed by atoms with Gasteiger partial charge in [-0.1, -0.05) is 0 Å². The Bertz CT molecular complexity index is 942. The topological polar surface area (TPSA) is 91.8 Å². The molecule has 1 fully saturated rings. The largest absolute Gasteiger partial charge is 0.378 e. The first-order chi connectivity index (χ1) is 14.4. The number of benzene rings is 1. The van der Waals surface area contributed by atoms with Gasteiger partial charge in [-0.3, -0.25) is 4.79 Å². The molecule has 2 heterocycles. The van der Waals surface area contributed by atoms with Gasteiger partial charge in [0.25, 0.3) is 0 Å². The van der Waals surface area contributed by atoms with Gasteiger partial charge in [-0.15, -0.1) is 11.8 Å². The number of morpholine rings is 1. The van der Waals surface area contributed by atoms with Crippen molar-refractivity contribution in [3.8, 4) is 0 Å². The van der Waals surface area contributed by atoms with Crippen LogP contribution in [0.3, 0.4) is 0 Å². The van der Waals surface area contributed by atoms with E-state index in [9.17, 15) is 13.2 Å². The smallest absolute Gasteiger partial charge is 0.244 e. The zero-order chi connectivity index (χ0) is 21.6. The van der Waals surface area contributed by atoms with Crippen LogP contribution in [0.15, 0.2) is 52.5 Å². The minimum absolute atomic E-state index is 0.0755. The number of thioether (sulfide) groups is 1. The summed E-state index contributed by atoms with van der Waals surface area (Å²) in [7, 11) is -0.527. The van der Waals surface area contributed by atoms with E-state index in [4.69, 9.17) is 4.74 Å². The average molecular weight is 451 g/mol. The van der Waals surface area contributed by atoms with Crippen molar-refractivity contribution < 1.29 is 17.9 Å². The monoisotopic (exact) mass is 450 g/mol. The van der Waals surface area contributed by atoms with E-state index in [1.54, 1.807) is 6.07 Å². The quantitative estimate of drug-likeness (QED) is 0.617. The molecule has 162 valence electrons. The van der Waals surface area contributed by atoms with Crippen LogP contribution in [0.5, 0.6) is 0 Å². The normalized spacial score (nSPS) is 14.7. The number of nitrogens with one attached hydrogen (secondary N) is 1. The lowest BCUT2D eigenvalue weighted by molar-refractivity contribution is -0.115. The van der Waals surface area contributed by atoms with Crippen molar-refractivity contribution in [3.05, 3.63) is 42.6 Å². The second kappa shape index (κ2) is 10.3. The molecule has 8 nitrogen and oxygen atoms in total. The first-order valence-electron chi connectivity index (χ1n) is 9.60. The van der Waals surface area contributed by atoms with Gasteiger partial charge < -0.3 is 15.0 Å². The summed E-state index contributed by atoms with van der Waals surface area (Å²) in [4.78, 5) is 18.8. The van der Waals surface area contributed by atoms with Crippen LogP contribution in [-0.4, -0.2) is 69.8 Å². The van der Waals surface area contributed by atoms with E-state index in [0.717, 1.165) is 42.0 Å². The first kappa shape index (κ1) is 22.5. The maximum absolute atomic E-state index is 12.2. The van der Waals surface area contributed by atoms with E-state index in [1.165, 1.54) is 38.1 Å². The lowest BCUT2D eigenvalue weighted by Crippen LogP contribution is -2.36. The van der Waals surface area contributed by atoms with Gasteiger partial charge in [-0.25, -0.2) is 17.7 Å². The van der Waals surface area contributed by atoms with Crippen molar-refractivity contribution in [2.24, 2.45) is 0 Å². The molecule has 0 spiro atoms. The highest BCUT2D eigenvalue weighted by molar-refractivity contribution is 7.99. The highest BCUT2D eigenvalue weighted by Gasteiger charge is 2.17. The number of amides is 1. The summed E-state index contributed by atoms with van der Waals surface area (Å²) in [6.45, 7) is 3.22. The number of ether oxygens (including phenoxy) is 1. The SMILES string of the molecule is CN(C)S(=O)(=O)c1ccc(SCCC(=O)Nc2ccc(N3CCOCC3)cc2)nc1. The highest BCUT2D eigenvalue weighted by atomic mass is 32.2. The van der Waals surface area contributed by atoms with Crippen molar-refractivity contribution in [1.29, 1.82) is 0 Å². The van der Waals surface area contributed by atoms with Crippen molar-refractivity contribution >= 4 is 39.1 Å². The third kappa shape index (κ3) is 5.94. The van der Waals surface area contributed by atoms with Crippen LogP contribution in [-0.2, 0) is 19.6 Å². The Morgan fingerprint density at radius 3 is 2.47 bits per heavy atom. The Balaban J connectivity index is 1.44. The van der Waals surface area contributed by atoms with Crippen LogP contribution in [0.1, 0.15) is 6.42 Å². The van der Waals surface area contributed by atoms with E-state index in [1.807, 2.05) is 24.3 Å². The predicted octanol–water partition coefficient (Wildman–Crippen LogP) is 2.29. The predicted molar refractivity (Wildman–Crippen MR) is 119 cm³/mol. The fraction of sp³-hybridized carbons (Fsp3) is 0.400. The van der Waals surface area contributed by atoms with Crippen LogP contribution in [0.25, 0.3) is 0 Å². The Morgan fingerprint density at radius 2 is 1.87 bits per heavy atom. The molecule has 1 aliphatic rings. The lowest BCUT2D eigenvalue weighted by Gasteiger charge is -2.28. The standard InChI is InChI=1S/C20H26N4O4S2/c1-23(2)30(26,27)18-7-8-20(21-15-18)29-14-9-19(25)22-16-3-5-17(6-4-16)24-10-12-28-13-11-24/h3-8,15H,9-14H2,1-2H3,(H,22,25). The number of hydrogen-bond acceptors (Lipinski definition) is 7. The van der Waals surface area contributed by atoms with Crippen molar-refractivity contribution in [2.75, 3.05) is 56.4 Å². The van der Waals surface area contributed by atoms with Gasteiger partial charge in [0, 0.05) is 56.9 Å². The molecule has 0 aliphatic carbocycles. The maximum Gasteiger partial charge on any atom is 0.244 e. The number of rotatable bonds is 8. The molecule has 1 saturated heterocycles. The number of nitrogens with zero attached hydrogens (tertiary/aromatic N) is 3. The number of sulfonamides is 1. The molecular formula is C20H26N4O4S2. The zero-order valence-corrected chi connectivity index (χ0v) is 18.7. The number of aromatic nitrogens is 1. The van der Waals surface area contributed by atoms with Crippen molar-refractivity contribution in [3.63, 3.8) is 0 Å². The molecule has 1 aliphatic heterocycles. The van der Waals surface area contributed by atoms with Gasteiger partial charge in [0.2, 0.25) is 15.9 Å². The van der Waals surface area contributed by atoms with Crippen LogP contribution in [0.2, 0.25) is 0 Å². The summed E-state index contributed by atoms with van der Waals surface area (Å²) in [6, 6.07) is 11.0. The Morgan fingerprint density at radius 1 is 1.17 bits per heavy atom. The van der Waals surface area contributed by atoms with Crippen LogP contribution in [0, 0.1) is 0 Å². The average Bonchev–Trinajstić information content (AvgIpc) is 2.75. The molecule has 0 saturated carbocycles. The minimum Gasteiger partial charge on any atom is -0.378 e. The molecular weight excluding hydrogens is 424 g/mol. The molecule has 0 atom stereocenters. The maximum atomic E-state index is 12.2. The molecule has 2 aromatic rings. The summed E-state index contributed by atoms with van der Waals surface area (Å²) in [5.74, 6) is 0.471. The van der Waals surface area contributed by atoms with E-state index >= 15 is 0 Å². The molecule has 1 amide bonds. The van der Waals surface area contributed by atoms with Crippen molar-refractivity contribution in [2.45, 2.75) is 16.3 Å². The van der Waals surface area contributed by atoms with Crippen LogP contribution >= 0.6 is 11.8 Å². The molecule has 3 rings (SSSR count). The Labute approximate surface area is 181 Å². The van der Waals surface area contributed by atoms with Gasteiger partial charge in [-0.2, -0.15) is 0 Å². The molecule has 1 aromatic carbocycles. The van der Waals surface area contributed by atoms with Gasteiger partial charge in [0.15, 0.2) is 0 Å². The Kier molecular flexibility index (Phi) is 7.70. The summed E-state index contributed by atoms with van der Waals surface area (Å²) >= 11 is 1.41. The molecule has 1 aromatic heterocycles. The lowest BCUT2D eigenvalue weighted by atomic mass is 10.2. The molecule has 30 heavy (non-hydrogen) atoms. The highest BCUT2D eigenvalue weighted by Crippen LogP contribution is 2.21. The van der Waals surface area contributed by atoms with Gasteiger partial charge in [0.1, 0.15) is 4.90 Å². The van der Waals surface area contributed by atoms with Crippen LogP contribution < -0.4 is 10.2 Å². The molecule has 0 unspecified atom stereocenters. The van der Waals surface area contributed by atoms with E-state index in [2.05, 4.69) is 15.2 Å². The van der Waals surface area contributed by atoms with E-state index in [0.29, 0.717) is 17.2 Å². The summed E-state index contributed by atoms with van der Waals surface area (Å²) in [6.07, 6.45) is 1.67. The van der Waals surface area contributed by atoms with Crippen LogP contribution in [0.4, 0.5) is 11.4 Å². The molecule has 0 bridgehead atoms. The number of anilines is 2.